The van der Waals surface area contributed by atoms with Crippen LogP contribution in [-0.4, -0.2) is 39.5 Å². The zero-order chi connectivity index (χ0) is 29.2. The van der Waals surface area contributed by atoms with Gasteiger partial charge in [0.2, 0.25) is 17.8 Å². The number of nitrogens with zero attached hydrogens (tertiary/aromatic N) is 2. The van der Waals surface area contributed by atoms with Gasteiger partial charge in [0, 0.05) is 48.8 Å². The van der Waals surface area contributed by atoms with E-state index in [-0.39, 0.29) is 37.3 Å². The number of aliphatic hydroxyl groups excluding tert-OH is 1. The Kier molecular flexibility index (Phi) is 11.2. The monoisotopic (exact) mass is 553 g/mol. The molecule has 1 aromatic heterocycles. The molecule has 0 aliphatic heterocycles. The predicted octanol–water partition coefficient (Wildman–Crippen LogP) is 3.76. The standard InChI is InChI=1S/C30H37F2N5O3/c1-4-20-6-5-7-21(11-20)16-34-17-27(38)26(14-22-12-23(31)15-24(32)13-22)25(29(33)40)8-9-28(39)37-30-35-18(2)10-19(3)36-30/h5-7,10-13,15,25-27,34,38H,4,8-9,14,16-17H2,1-3H3,(H2,33,40)(H,35,36,37,39)/t25?,26-,27-/m0/s1. The minimum atomic E-state index is -1.09. The molecular formula is C30H37F2N5O3. The quantitative estimate of drug-likeness (QED) is 0.241. The van der Waals surface area contributed by atoms with Crippen molar-refractivity contribution in [3.63, 3.8) is 0 Å². The molecule has 0 spiro atoms. The van der Waals surface area contributed by atoms with E-state index >= 15 is 0 Å². The first-order valence-corrected chi connectivity index (χ1v) is 13.4. The summed E-state index contributed by atoms with van der Waals surface area (Å²) in [5, 5.41) is 17.0. The lowest BCUT2D eigenvalue weighted by atomic mass is 9.79. The van der Waals surface area contributed by atoms with Crippen LogP contribution < -0.4 is 16.4 Å². The molecule has 10 heteroatoms. The van der Waals surface area contributed by atoms with E-state index in [0.717, 1.165) is 30.2 Å². The molecule has 1 unspecified atom stereocenters. The third kappa shape index (κ3) is 9.46. The molecule has 0 saturated carbocycles. The van der Waals surface area contributed by atoms with Crippen molar-refractivity contribution in [1.82, 2.24) is 15.3 Å². The summed E-state index contributed by atoms with van der Waals surface area (Å²) >= 11 is 0. The number of halogens is 2. The van der Waals surface area contributed by atoms with Crippen LogP contribution in [0.1, 0.15) is 47.8 Å². The van der Waals surface area contributed by atoms with Crippen molar-refractivity contribution >= 4 is 17.8 Å². The van der Waals surface area contributed by atoms with Crippen LogP contribution in [0.15, 0.2) is 48.5 Å². The lowest BCUT2D eigenvalue weighted by Gasteiger charge is -2.30. The fraction of sp³-hybridized carbons (Fsp3) is 0.400. The van der Waals surface area contributed by atoms with E-state index in [2.05, 4.69) is 33.6 Å². The van der Waals surface area contributed by atoms with Crippen LogP contribution in [0.25, 0.3) is 0 Å². The number of rotatable bonds is 14. The average molecular weight is 554 g/mol. The Morgan fingerprint density at radius 2 is 1.62 bits per heavy atom. The van der Waals surface area contributed by atoms with Crippen molar-refractivity contribution in [3.05, 3.63) is 88.2 Å². The lowest BCUT2D eigenvalue weighted by molar-refractivity contribution is -0.126. The summed E-state index contributed by atoms with van der Waals surface area (Å²) in [7, 11) is 0. The second-order valence-corrected chi connectivity index (χ2v) is 10.1. The van der Waals surface area contributed by atoms with Gasteiger partial charge in [0.25, 0.3) is 0 Å². The van der Waals surface area contributed by atoms with Gasteiger partial charge < -0.3 is 16.2 Å². The second kappa shape index (κ2) is 14.6. The highest BCUT2D eigenvalue weighted by Gasteiger charge is 2.33. The zero-order valence-corrected chi connectivity index (χ0v) is 23.1. The van der Waals surface area contributed by atoms with Gasteiger partial charge in [-0.2, -0.15) is 0 Å². The molecule has 0 fully saturated rings. The molecule has 3 atom stereocenters. The number of nitrogens with two attached hydrogens (primary N) is 1. The number of nitrogens with one attached hydrogen (secondary N) is 2. The molecule has 8 nitrogen and oxygen atoms in total. The Morgan fingerprint density at radius 1 is 0.975 bits per heavy atom. The fourth-order valence-corrected chi connectivity index (χ4v) is 4.85. The maximum atomic E-state index is 13.9. The van der Waals surface area contributed by atoms with Gasteiger partial charge in [-0.3, -0.25) is 14.9 Å². The number of benzene rings is 2. The van der Waals surface area contributed by atoms with Crippen LogP contribution in [0.5, 0.6) is 0 Å². The van der Waals surface area contributed by atoms with E-state index in [1.165, 1.54) is 5.56 Å². The van der Waals surface area contributed by atoms with Crippen molar-refractivity contribution in [3.8, 4) is 0 Å². The summed E-state index contributed by atoms with van der Waals surface area (Å²) in [4.78, 5) is 33.6. The molecule has 0 bridgehead atoms. The minimum Gasteiger partial charge on any atom is -0.391 e. The van der Waals surface area contributed by atoms with Crippen molar-refractivity contribution in [2.45, 2.75) is 59.1 Å². The predicted molar refractivity (Wildman–Crippen MR) is 149 cm³/mol. The Balaban J connectivity index is 1.74. The number of anilines is 1. The molecule has 40 heavy (non-hydrogen) atoms. The molecule has 0 saturated heterocycles. The largest absolute Gasteiger partial charge is 0.391 e. The Morgan fingerprint density at radius 3 is 2.25 bits per heavy atom. The van der Waals surface area contributed by atoms with Gasteiger partial charge >= 0.3 is 0 Å². The van der Waals surface area contributed by atoms with E-state index in [4.69, 9.17) is 5.73 Å². The SMILES string of the molecule is CCc1cccc(CNC[C@H](O)[C@@H](Cc2cc(F)cc(F)c2)C(CCC(=O)Nc2nc(C)cc(C)n2)C(N)=O)c1. The van der Waals surface area contributed by atoms with Gasteiger partial charge in [-0.05, 0) is 68.0 Å². The summed E-state index contributed by atoms with van der Waals surface area (Å²) in [5.41, 5.74) is 9.62. The van der Waals surface area contributed by atoms with Crippen molar-refractivity contribution < 1.29 is 23.5 Å². The highest BCUT2D eigenvalue weighted by atomic mass is 19.1. The molecule has 2 amide bonds. The first-order valence-electron chi connectivity index (χ1n) is 13.4. The fourth-order valence-electron chi connectivity index (χ4n) is 4.85. The van der Waals surface area contributed by atoms with Crippen LogP contribution >= 0.6 is 0 Å². The molecular weight excluding hydrogens is 516 g/mol. The molecule has 1 heterocycles. The summed E-state index contributed by atoms with van der Waals surface area (Å²) < 4.78 is 27.9. The van der Waals surface area contributed by atoms with Gasteiger partial charge in [-0.1, -0.05) is 31.2 Å². The van der Waals surface area contributed by atoms with Crippen LogP contribution in [0.3, 0.4) is 0 Å². The molecule has 214 valence electrons. The normalized spacial score (nSPS) is 13.4. The van der Waals surface area contributed by atoms with Gasteiger partial charge in [0.1, 0.15) is 11.6 Å². The molecule has 0 aliphatic carbocycles. The zero-order valence-electron chi connectivity index (χ0n) is 23.1. The molecule has 0 aliphatic rings. The van der Waals surface area contributed by atoms with Crippen LogP contribution in [-0.2, 0) is 29.0 Å². The number of aryl methyl sites for hydroxylation is 3. The highest BCUT2D eigenvalue weighted by molar-refractivity contribution is 5.89. The first-order chi connectivity index (χ1) is 19.0. The maximum absolute atomic E-state index is 13.9. The number of hydrogen-bond acceptors (Lipinski definition) is 6. The summed E-state index contributed by atoms with van der Waals surface area (Å²) in [5.74, 6) is -4.26. The Bertz CT molecular complexity index is 1280. The van der Waals surface area contributed by atoms with Crippen LogP contribution in [0.2, 0.25) is 0 Å². The minimum absolute atomic E-state index is 0.0156. The highest BCUT2D eigenvalue weighted by Crippen LogP contribution is 2.27. The van der Waals surface area contributed by atoms with Gasteiger partial charge in [0.05, 0.1) is 6.10 Å². The van der Waals surface area contributed by atoms with Crippen molar-refractivity contribution in [2.75, 3.05) is 11.9 Å². The number of amides is 2. The van der Waals surface area contributed by atoms with Crippen LogP contribution in [0, 0.1) is 37.3 Å². The molecule has 3 aromatic rings. The number of carbonyl (C=O) groups is 2. The second-order valence-electron chi connectivity index (χ2n) is 10.1. The summed E-state index contributed by atoms with van der Waals surface area (Å²) in [6, 6.07) is 12.9. The molecule has 2 aromatic carbocycles. The third-order valence-electron chi connectivity index (χ3n) is 6.77. The van der Waals surface area contributed by atoms with E-state index in [0.29, 0.717) is 17.9 Å². The topological polar surface area (TPSA) is 130 Å². The number of carbonyl (C=O) groups excluding carboxylic acids is 2. The Hall–Kier alpha value is -3.76. The third-order valence-corrected chi connectivity index (χ3v) is 6.77. The average Bonchev–Trinajstić information content (AvgIpc) is 2.86. The smallest absolute Gasteiger partial charge is 0.229 e. The van der Waals surface area contributed by atoms with E-state index < -0.39 is 41.4 Å². The van der Waals surface area contributed by atoms with Crippen molar-refractivity contribution in [1.29, 1.82) is 0 Å². The van der Waals surface area contributed by atoms with Gasteiger partial charge in [-0.25, -0.2) is 18.7 Å². The van der Waals surface area contributed by atoms with Crippen LogP contribution in [0.4, 0.5) is 14.7 Å². The summed E-state index contributed by atoms with van der Waals surface area (Å²) in [6.07, 6.45) is -0.291. The molecule has 0 radical (unpaired) electrons. The lowest BCUT2D eigenvalue weighted by Crippen LogP contribution is -2.42. The van der Waals surface area contributed by atoms with E-state index in [1.807, 2.05) is 18.2 Å². The van der Waals surface area contributed by atoms with E-state index in [1.54, 1.807) is 19.9 Å². The maximum Gasteiger partial charge on any atom is 0.229 e. The van der Waals surface area contributed by atoms with E-state index in [9.17, 15) is 23.5 Å². The first kappa shape index (κ1) is 30.8. The number of primary amides is 1. The summed E-state index contributed by atoms with van der Waals surface area (Å²) in [6.45, 7) is 6.21. The number of hydrogen-bond donors (Lipinski definition) is 4. The Labute approximate surface area is 233 Å². The number of aliphatic hydroxyl groups is 1. The molecule has 3 rings (SSSR count). The van der Waals surface area contributed by atoms with Gasteiger partial charge in [0.15, 0.2) is 0 Å². The van der Waals surface area contributed by atoms with Gasteiger partial charge in [-0.15, -0.1) is 0 Å². The number of aromatic nitrogens is 2. The van der Waals surface area contributed by atoms with Crippen molar-refractivity contribution in [2.24, 2.45) is 17.6 Å². The molecule has 5 N–H and O–H groups in total.